The molecule has 0 aliphatic carbocycles. The van der Waals surface area contributed by atoms with Crippen molar-refractivity contribution in [1.29, 1.82) is 5.26 Å². The molecule has 0 saturated carbocycles. The SMILES string of the molecule is N#CN1CC[C@H](C(=O)Nc2nc3ccc(-c4ccccc4)cc3s2)C1. The van der Waals surface area contributed by atoms with E-state index in [1.165, 1.54) is 11.3 Å². The highest BCUT2D eigenvalue weighted by Gasteiger charge is 2.28. The van der Waals surface area contributed by atoms with Crippen LogP contribution in [0.5, 0.6) is 0 Å². The van der Waals surface area contributed by atoms with E-state index in [0.29, 0.717) is 24.6 Å². The van der Waals surface area contributed by atoms with Crippen LogP contribution >= 0.6 is 11.3 Å². The summed E-state index contributed by atoms with van der Waals surface area (Å²) in [6.07, 6.45) is 2.81. The van der Waals surface area contributed by atoms with Gasteiger partial charge in [0, 0.05) is 13.1 Å². The molecule has 4 rings (SSSR count). The van der Waals surface area contributed by atoms with Crippen molar-refractivity contribution < 1.29 is 4.79 Å². The fraction of sp³-hybridized carbons (Fsp3) is 0.211. The molecule has 124 valence electrons. The number of carbonyl (C=O) groups excluding carboxylic acids is 1. The molecule has 25 heavy (non-hydrogen) atoms. The van der Waals surface area contributed by atoms with E-state index in [0.717, 1.165) is 21.3 Å². The summed E-state index contributed by atoms with van der Waals surface area (Å²) in [6, 6.07) is 16.3. The number of aromatic nitrogens is 1. The molecule has 1 aliphatic rings. The minimum Gasteiger partial charge on any atom is -0.310 e. The van der Waals surface area contributed by atoms with E-state index in [4.69, 9.17) is 5.26 Å². The predicted octanol–water partition coefficient (Wildman–Crippen LogP) is 3.70. The van der Waals surface area contributed by atoms with Gasteiger partial charge in [0.1, 0.15) is 0 Å². The number of anilines is 1. The number of benzene rings is 2. The Morgan fingerprint density at radius 3 is 2.84 bits per heavy atom. The molecule has 6 heteroatoms. The molecule has 0 spiro atoms. The van der Waals surface area contributed by atoms with E-state index in [1.54, 1.807) is 4.90 Å². The quantitative estimate of drug-likeness (QED) is 0.733. The minimum atomic E-state index is -0.147. The summed E-state index contributed by atoms with van der Waals surface area (Å²) in [5.74, 6) is -0.202. The Kier molecular flexibility index (Phi) is 4.08. The summed E-state index contributed by atoms with van der Waals surface area (Å²) in [5.41, 5.74) is 3.17. The van der Waals surface area contributed by atoms with Gasteiger partial charge in [-0.2, -0.15) is 5.26 Å². The highest BCUT2D eigenvalue weighted by Crippen LogP contribution is 2.31. The number of carbonyl (C=O) groups is 1. The van der Waals surface area contributed by atoms with Gasteiger partial charge >= 0.3 is 0 Å². The minimum absolute atomic E-state index is 0.0555. The molecule has 3 aromatic rings. The average Bonchev–Trinajstić information content (AvgIpc) is 3.28. The van der Waals surface area contributed by atoms with E-state index < -0.39 is 0 Å². The van der Waals surface area contributed by atoms with E-state index in [-0.39, 0.29) is 11.8 Å². The summed E-state index contributed by atoms with van der Waals surface area (Å²) in [4.78, 5) is 18.5. The smallest absolute Gasteiger partial charge is 0.231 e. The fourth-order valence-corrected chi connectivity index (χ4v) is 3.97. The van der Waals surface area contributed by atoms with Gasteiger partial charge < -0.3 is 10.2 Å². The number of nitrogens with zero attached hydrogens (tertiary/aromatic N) is 3. The van der Waals surface area contributed by atoms with Crippen molar-refractivity contribution in [2.24, 2.45) is 5.92 Å². The third-order valence-corrected chi connectivity index (χ3v) is 5.36. The van der Waals surface area contributed by atoms with Gasteiger partial charge in [0.05, 0.1) is 16.1 Å². The van der Waals surface area contributed by atoms with E-state index in [9.17, 15) is 4.79 Å². The number of rotatable bonds is 3. The zero-order valence-electron chi connectivity index (χ0n) is 13.5. The zero-order valence-corrected chi connectivity index (χ0v) is 14.3. The Labute approximate surface area is 149 Å². The predicted molar refractivity (Wildman–Crippen MR) is 99.0 cm³/mol. The second-order valence-corrected chi connectivity index (χ2v) is 7.12. The molecule has 1 amide bonds. The first-order valence-electron chi connectivity index (χ1n) is 8.14. The number of fused-ring (bicyclic) bond motifs is 1. The zero-order chi connectivity index (χ0) is 17.2. The molecule has 2 heterocycles. The van der Waals surface area contributed by atoms with Gasteiger partial charge in [0.2, 0.25) is 5.91 Å². The average molecular weight is 348 g/mol. The van der Waals surface area contributed by atoms with Gasteiger partial charge in [-0.05, 0) is 29.7 Å². The standard InChI is InChI=1S/C19H16N4OS/c20-12-23-9-8-15(11-23)18(24)22-19-21-16-7-6-14(10-17(16)25-19)13-4-2-1-3-5-13/h1-7,10,15H,8-9,11H2,(H,21,22,24)/t15-/m0/s1. The lowest BCUT2D eigenvalue weighted by Crippen LogP contribution is -2.25. The van der Waals surface area contributed by atoms with Gasteiger partial charge in [0.15, 0.2) is 11.3 Å². The molecule has 1 saturated heterocycles. The van der Waals surface area contributed by atoms with E-state index in [1.807, 2.05) is 30.3 Å². The lowest BCUT2D eigenvalue weighted by atomic mass is 10.1. The summed E-state index contributed by atoms with van der Waals surface area (Å²) < 4.78 is 1.04. The fourth-order valence-electron chi connectivity index (χ4n) is 3.06. The molecule has 1 fully saturated rings. The van der Waals surface area contributed by atoms with Crippen molar-refractivity contribution in [3.8, 4) is 17.3 Å². The van der Waals surface area contributed by atoms with Crippen LogP contribution in [0.1, 0.15) is 6.42 Å². The number of nitrogens with one attached hydrogen (secondary N) is 1. The molecular weight excluding hydrogens is 332 g/mol. The van der Waals surface area contributed by atoms with Gasteiger partial charge in [-0.1, -0.05) is 47.7 Å². The lowest BCUT2D eigenvalue weighted by molar-refractivity contribution is -0.119. The number of hydrogen-bond donors (Lipinski definition) is 1. The van der Waals surface area contributed by atoms with E-state index in [2.05, 4.69) is 34.7 Å². The van der Waals surface area contributed by atoms with Crippen molar-refractivity contribution >= 4 is 32.6 Å². The number of hydrogen-bond acceptors (Lipinski definition) is 5. The van der Waals surface area contributed by atoms with Crippen LogP contribution < -0.4 is 5.32 Å². The van der Waals surface area contributed by atoms with Crippen LogP contribution in [0.15, 0.2) is 48.5 Å². The van der Waals surface area contributed by atoms with Gasteiger partial charge in [-0.25, -0.2) is 4.98 Å². The largest absolute Gasteiger partial charge is 0.310 e. The number of amides is 1. The second-order valence-electron chi connectivity index (χ2n) is 6.09. The van der Waals surface area contributed by atoms with Crippen molar-refractivity contribution in [3.05, 3.63) is 48.5 Å². The first-order chi connectivity index (χ1) is 12.2. The Morgan fingerprint density at radius 1 is 1.24 bits per heavy atom. The topological polar surface area (TPSA) is 69.0 Å². The maximum absolute atomic E-state index is 12.4. The third kappa shape index (κ3) is 3.19. The number of likely N-dealkylation sites (tertiary alicyclic amines) is 1. The molecule has 5 nitrogen and oxygen atoms in total. The van der Waals surface area contributed by atoms with Crippen LogP contribution in [0.2, 0.25) is 0 Å². The number of thiazole rings is 1. The second kappa shape index (κ2) is 6.54. The van der Waals surface area contributed by atoms with Gasteiger partial charge in [-0.3, -0.25) is 4.79 Å². The van der Waals surface area contributed by atoms with Crippen LogP contribution in [-0.4, -0.2) is 28.9 Å². The summed E-state index contributed by atoms with van der Waals surface area (Å²) in [5, 5.41) is 12.4. The summed E-state index contributed by atoms with van der Waals surface area (Å²) >= 11 is 1.48. The van der Waals surface area contributed by atoms with Crippen molar-refractivity contribution in [1.82, 2.24) is 9.88 Å². The summed E-state index contributed by atoms with van der Waals surface area (Å²) in [7, 11) is 0. The van der Waals surface area contributed by atoms with Gasteiger partial charge in [0.25, 0.3) is 0 Å². The van der Waals surface area contributed by atoms with E-state index >= 15 is 0 Å². The first kappa shape index (κ1) is 15.6. The van der Waals surface area contributed by atoms with Crippen molar-refractivity contribution in [2.75, 3.05) is 18.4 Å². The molecule has 2 aromatic carbocycles. The van der Waals surface area contributed by atoms with Crippen LogP contribution in [0.3, 0.4) is 0 Å². The molecule has 0 unspecified atom stereocenters. The van der Waals surface area contributed by atoms with Crippen LogP contribution in [0, 0.1) is 17.4 Å². The molecule has 1 atom stereocenters. The number of nitriles is 1. The highest BCUT2D eigenvalue weighted by atomic mass is 32.1. The van der Waals surface area contributed by atoms with Crippen molar-refractivity contribution in [3.63, 3.8) is 0 Å². The molecule has 1 aromatic heterocycles. The highest BCUT2D eigenvalue weighted by molar-refractivity contribution is 7.22. The Balaban J connectivity index is 1.54. The Hall–Kier alpha value is -2.91. The molecule has 1 aliphatic heterocycles. The maximum atomic E-state index is 12.4. The van der Waals surface area contributed by atoms with Crippen LogP contribution in [0.25, 0.3) is 21.3 Å². The molecular formula is C19H16N4OS. The first-order valence-corrected chi connectivity index (χ1v) is 8.96. The Bertz CT molecular complexity index is 960. The lowest BCUT2D eigenvalue weighted by Gasteiger charge is -2.08. The van der Waals surface area contributed by atoms with Crippen molar-refractivity contribution in [2.45, 2.75) is 6.42 Å². The molecule has 0 bridgehead atoms. The van der Waals surface area contributed by atoms with Gasteiger partial charge in [-0.15, -0.1) is 0 Å². The monoisotopic (exact) mass is 348 g/mol. The Morgan fingerprint density at radius 2 is 2.08 bits per heavy atom. The third-order valence-electron chi connectivity index (χ3n) is 4.43. The molecule has 0 radical (unpaired) electrons. The maximum Gasteiger partial charge on any atom is 0.231 e. The van der Waals surface area contributed by atoms with Crippen LogP contribution in [-0.2, 0) is 4.79 Å². The molecule has 1 N–H and O–H groups in total. The normalized spacial score (nSPS) is 16.8. The van der Waals surface area contributed by atoms with Crippen LogP contribution in [0.4, 0.5) is 5.13 Å². The summed E-state index contributed by atoms with van der Waals surface area (Å²) in [6.45, 7) is 1.14.